The zero-order valence-electron chi connectivity index (χ0n) is 56.1. The Morgan fingerprint density at radius 1 is 0.421 bits per heavy atom. The first-order valence-corrected chi connectivity index (χ1v) is 33.9. The molecule has 2 heterocycles. The fourth-order valence-corrected chi connectivity index (χ4v) is 8.77. The lowest BCUT2D eigenvalue weighted by Gasteiger charge is -2.13. The number of aryl methyl sites for hydroxylation is 1. The maximum atomic E-state index is 12.7. The van der Waals surface area contributed by atoms with Gasteiger partial charge in [0.05, 0.1) is 319 Å². The van der Waals surface area contributed by atoms with Gasteiger partial charge in [0.2, 0.25) is 5.91 Å². The van der Waals surface area contributed by atoms with Crippen LogP contribution in [-0.2, 0) is 130 Å². The van der Waals surface area contributed by atoms with E-state index in [4.69, 9.17) is 114 Å². The summed E-state index contributed by atoms with van der Waals surface area (Å²) in [6.07, 6.45) is -0.350. The van der Waals surface area contributed by atoms with Gasteiger partial charge in [-0.1, -0.05) is 24.3 Å². The van der Waals surface area contributed by atoms with E-state index in [-0.39, 0.29) is 38.6 Å². The molecule has 1 aliphatic rings. The second kappa shape index (κ2) is 66.2. The summed E-state index contributed by atoms with van der Waals surface area (Å²) in [4.78, 5) is 42.7. The second-order valence-electron chi connectivity index (χ2n) is 20.3. The van der Waals surface area contributed by atoms with Gasteiger partial charge in [-0.15, -0.1) is 11.3 Å². The summed E-state index contributed by atoms with van der Waals surface area (Å²) in [6, 6.07) is 7.53. The molecule has 0 spiro atoms. The summed E-state index contributed by atoms with van der Waals surface area (Å²) in [5.41, 5.74) is 4.88. The molecule has 550 valence electrons. The van der Waals surface area contributed by atoms with Crippen LogP contribution in [0.25, 0.3) is 10.4 Å². The van der Waals surface area contributed by atoms with Crippen LogP contribution in [-0.4, -0.2) is 337 Å². The number of aliphatic hydroxyl groups is 1. The van der Waals surface area contributed by atoms with Crippen molar-refractivity contribution in [2.45, 2.75) is 44.9 Å². The van der Waals surface area contributed by atoms with Gasteiger partial charge in [-0.3, -0.25) is 14.4 Å². The number of benzene rings is 1. The highest BCUT2D eigenvalue weighted by Crippen LogP contribution is 2.27. The van der Waals surface area contributed by atoms with Gasteiger partial charge in [0, 0.05) is 19.5 Å². The largest absolute Gasteiger partial charge is 0.463 e. The molecule has 0 bridgehead atoms. The number of aliphatic hydroxyl groups excluding tert-OH is 1. The number of amides is 1. The molecule has 1 aromatic heterocycles. The summed E-state index contributed by atoms with van der Waals surface area (Å²) in [7, 11) is 0. The Bertz CT molecular complexity index is 2020. The molecule has 1 aliphatic heterocycles. The fourth-order valence-electron chi connectivity index (χ4n) is 7.96. The van der Waals surface area contributed by atoms with E-state index in [1.54, 1.807) is 11.3 Å². The minimum Gasteiger partial charge on any atom is -0.463 e. The van der Waals surface area contributed by atoms with Crippen LogP contribution in [0.2, 0.25) is 0 Å². The van der Waals surface area contributed by atoms with Crippen molar-refractivity contribution in [3.63, 3.8) is 0 Å². The highest BCUT2D eigenvalue weighted by molar-refractivity contribution is 7.13. The van der Waals surface area contributed by atoms with E-state index < -0.39 is 24.1 Å². The average molecular weight is 1390 g/mol. The number of carbonyl (C=O) groups excluding carboxylic acids is 3. The Morgan fingerprint density at radius 3 is 0.989 bits per heavy atom. The average Bonchev–Trinajstić information content (AvgIpc) is 1.91. The molecule has 31 heteroatoms. The minimum atomic E-state index is -0.526. The number of aromatic nitrogens is 1. The summed E-state index contributed by atoms with van der Waals surface area (Å²) < 4.78 is 126. The van der Waals surface area contributed by atoms with Crippen LogP contribution in [0.1, 0.15) is 30.5 Å². The Labute approximate surface area is 564 Å². The molecule has 3 N–H and O–H groups in total. The molecule has 0 radical (unpaired) electrons. The molecule has 0 saturated carbocycles. The van der Waals surface area contributed by atoms with Gasteiger partial charge in [-0.25, -0.2) is 4.98 Å². The molecule has 2 unspecified atom stereocenters. The standard InChI is InChI=1S/C64H111N3O27S/c1-56-63(95-55-67-56)58-4-2-57(3-5-58)53-66-64(71)60-52-59(54-65-60)94-62(70)7-6-61(69)93-51-50-92-49-48-91-47-46-90-45-44-89-43-42-88-41-40-87-39-38-86-37-36-85-35-34-84-33-32-83-31-30-82-29-28-81-27-26-80-25-24-79-23-22-78-21-20-77-19-18-76-17-16-75-15-14-74-13-12-73-11-10-72-9-8-68/h2-5,55,59-60,65,68H,6-54H2,1H3,(H,66,71). The monoisotopic (exact) mass is 1390 g/mol. The van der Waals surface area contributed by atoms with Crippen LogP contribution in [0.15, 0.2) is 29.8 Å². The molecule has 1 aromatic carbocycles. The lowest BCUT2D eigenvalue weighted by Crippen LogP contribution is -2.39. The highest BCUT2D eigenvalue weighted by atomic mass is 32.1. The van der Waals surface area contributed by atoms with Gasteiger partial charge >= 0.3 is 11.9 Å². The van der Waals surface area contributed by atoms with Crippen molar-refractivity contribution in [2.24, 2.45) is 0 Å². The van der Waals surface area contributed by atoms with E-state index in [1.165, 1.54) is 0 Å². The maximum Gasteiger partial charge on any atom is 0.306 e. The Balaban J connectivity index is 0.877. The molecule has 95 heavy (non-hydrogen) atoms. The number of hydrogen-bond donors (Lipinski definition) is 3. The third-order valence-electron chi connectivity index (χ3n) is 12.8. The molecule has 1 saturated heterocycles. The van der Waals surface area contributed by atoms with Crippen molar-refractivity contribution in [1.29, 1.82) is 0 Å². The normalized spacial score (nSPS) is 13.9. The van der Waals surface area contributed by atoms with Gasteiger partial charge in [0.25, 0.3) is 0 Å². The number of carbonyl (C=O) groups is 3. The van der Waals surface area contributed by atoms with Crippen molar-refractivity contribution in [2.75, 3.05) is 297 Å². The van der Waals surface area contributed by atoms with Gasteiger partial charge in [-0.05, 0) is 18.1 Å². The van der Waals surface area contributed by atoms with Crippen molar-refractivity contribution in [1.82, 2.24) is 15.6 Å². The molecule has 2 aromatic rings. The zero-order chi connectivity index (χ0) is 67.5. The Hall–Kier alpha value is -3.66. The van der Waals surface area contributed by atoms with Crippen molar-refractivity contribution < 1.29 is 128 Å². The lowest BCUT2D eigenvalue weighted by atomic mass is 10.1. The summed E-state index contributed by atoms with van der Waals surface area (Å²) in [5.74, 6) is -1.22. The van der Waals surface area contributed by atoms with Crippen LogP contribution < -0.4 is 10.6 Å². The topological polar surface area (TPSA) is 321 Å². The number of esters is 2. The molecule has 1 fully saturated rings. The number of thiazole rings is 1. The summed E-state index contributed by atoms with van der Waals surface area (Å²) >= 11 is 1.59. The van der Waals surface area contributed by atoms with E-state index in [2.05, 4.69) is 15.6 Å². The van der Waals surface area contributed by atoms with Gasteiger partial charge < -0.3 is 125 Å². The van der Waals surface area contributed by atoms with Crippen molar-refractivity contribution in [3.05, 3.63) is 41.0 Å². The van der Waals surface area contributed by atoms with E-state index in [1.807, 2.05) is 36.7 Å². The van der Waals surface area contributed by atoms with Gasteiger partial charge in [-0.2, -0.15) is 0 Å². The predicted octanol–water partition coefficient (Wildman–Crippen LogP) is 1.67. The maximum absolute atomic E-state index is 12.7. The molecular formula is C64H111N3O27S. The second-order valence-corrected chi connectivity index (χ2v) is 21.1. The fraction of sp³-hybridized carbons (Fsp3) is 0.812. The molecule has 3 rings (SSSR count). The first-order valence-electron chi connectivity index (χ1n) is 33.0. The van der Waals surface area contributed by atoms with Gasteiger partial charge in [0.1, 0.15) is 12.7 Å². The van der Waals surface area contributed by atoms with E-state index in [0.717, 1.165) is 21.7 Å². The highest BCUT2D eigenvalue weighted by Gasteiger charge is 2.31. The molecule has 30 nitrogen and oxygen atoms in total. The van der Waals surface area contributed by atoms with Crippen molar-refractivity contribution >= 4 is 29.2 Å². The zero-order valence-corrected chi connectivity index (χ0v) is 56.9. The molecule has 1 amide bonds. The third kappa shape index (κ3) is 53.9. The molecular weight excluding hydrogens is 1270 g/mol. The third-order valence-corrected chi connectivity index (χ3v) is 13.8. The van der Waals surface area contributed by atoms with E-state index in [9.17, 15) is 14.4 Å². The van der Waals surface area contributed by atoms with Gasteiger partial charge in [0.15, 0.2) is 0 Å². The number of nitrogens with one attached hydrogen (secondary N) is 2. The van der Waals surface area contributed by atoms with E-state index in [0.29, 0.717) is 290 Å². The van der Waals surface area contributed by atoms with Crippen molar-refractivity contribution in [3.8, 4) is 10.4 Å². The van der Waals surface area contributed by atoms with Crippen LogP contribution in [0.5, 0.6) is 0 Å². The first kappa shape index (κ1) is 85.6. The predicted molar refractivity (Wildman–Crippen MR) is 345 cm³/mol. The number of ether oxygens (including phenoxy) is 23. The Kier molecular flexibility index (Phi) is 59.7. The quantitative estimate of drug-likeness (QED) is 0.0626. The molecule has 0 aliphatic carbocycles. The number of nitrogens with zero attached hydrogens (tertiary/aromatic N) is 1. The lowest BCUT2D eigenvalue weighted by molar-refractivity contribution is -0.153. The minimum absolute atomic E-state index is 0.0145. The van der Waals surface area contributed by atoms with Crippen LogP contribution in [0.4, 0.5) is 0 Å². The van der Waals surface area contributed by atoms with Crippen LogP contribution >= 0.6 is 11.3 Å². The first-order chi connectivity index (χ1) is 47.0. The summed E-state index contributed by atoms with van der Waals surface area (Å²) in [6.45, 7) is 21.8. The van der Waals surface area contributed by atoms with Crippen LogP contribution in [0, 0.1) is 6.92 Å². The number of rotatable bonds is 73. The Morgan fingerprint density at radius 2 is 0.705 bits per heavy atom. The smallest absolute Gasteiger partial charge is 0.306 e. The summed E-state index contributed by atoms with van der Waals surface area (Å²) in [5, 5.41) is 14.7. The number of hydrogen-bond acceptors (Lipinski definition) is 30. The van der Waals surface area contributed by atoms with E-state index >= 15 is 0 Å². The molecule has 2 atom stereocenters. The SMILES string of the molecule is Cc1ncsc1-c1ccc(CNC(=O)C2CC(OC(=O)CCC(=O)OCCOCCOCCOCCOCCOCCOCCOCCOCCOCCOCCOCCOCCOCCOCCOCCOCCOCCOCCOCCOCCOCCO)CN2)cc1. The van der Waals surface area contributed by atoms with Crippen LogP contribution in [0.3, 0.4) is 0 Å².